The van der Waals surface area contributed by atoms with Gasteiger partial charge < -0.3 is 40.2 Å². The highest BCUT2D eigenvalue weighted by Crippen LogP contribution is 2.26. The number of rotatable bonds is 12. The molecule has 4 N–H and O–H groups in total. The van der Waals surface area contributed by atoms with E-state index < -0.39 is 12.1 Å². The second-order valence-corrected chi connectivity index (χ2v) is 7.34. The smallest absolute Gasteiger partial charge is 0.319 e. The van der Waals surface area contributed by atoms with Crippen molar-refractivity contribution in [2.24, 2.45) is 0 Å². The first kappa shape index (κ1) is 26.0. The minimum absolute atomic E-state index is 0.274. The largest absolute Gasteiger partial charge is 0.493 e. The van der Waals surface area contributed by atoms with E-state index in [2.05, 4.69) is 21.3 Å². The van der Waals surface area contributed by atoms with Gasteiger partial charge in [0.1, 0.15) is 13.2 Å². The highest BCUT2D eigenvalue weighted by atomic mass is 16.5. The normalized spacial score (nSPS) is 10.1. The summed E-state index contributed by atoms with van der Waals surface area (Å²) in [6, 6.07) is 20.6. The summed E-state index contributed by atoms with van der Waals surface area (Å²) in [4.78, 5) is 24.4. The van der Waals surface area contributed by atoms with Crippen molar-refractivity contribution in [2.75, 3.05) is 51.2 Å². The number of methoxy groups -OCH3 is 2. The molecule has 0 aliphatic rings. The zero-order chi connectivity index (χ0) is 25.6. The number of hydrogen-bond acceptors (Lipinski definition) is 6. The summed E-state index contributed by atoms with van der Waals surface area (Å²) < 4.78 is 21.7. The number of ether oxygens (including phenoxy) is 4. The van der Waals surface area contributed by atoms with Crippen LogP contribution < -0.4 is 40.2 Å². The average molecular weight is 495 g/mol. The van der Waals surface area contributed by atoms with Crippen LogP contribution in [0.4, 0.5) is 21.0 Å². The Morgan fingerprint density at radius 2 is 1.03 bits per heavy atom. The Morgan fingerprint density at radius 3 is 1.44 bits per heavy atom. The number of anilines is 2. The van der Waals surface area contributed by atoms with Crippen molar-refractivity contribution < 1.29 is 28.5 Å². The van der Waals surface area contributed by atoms with Crippen molar-refractivity contribution in [3.63, 3.8) is 0 Å². The van der Waals surface area contributed by atoms with Crippen LogP contribution in [0.5, 0.6) is 23.0 Å². The van der Waals surface area contributed by atoms with Crippen LogP contribution in [-0.4, -0.2) is 52.6 Å². The van der Waals surface area contributed by atoms with E-state index in [4.69, 9.17) is 18.9 Å². The van der Waals surface area contributed by atoms with Crippen molar-refractivity contribution in [3.05, 3.63) is 72.8 Å². The maximum absolute atomic E-state index is 12.2. The standard InChI is InChI=1S/C26H30N4O6/c1-33-21-10-3-5-12-23(21)35-16-14-27-25(31)29-19-8-7-9-20(18-19)30-26(32)28-15-17-36-24-13-6-4-11-22(24)34-2/h3-13,18H,14-17H2,1-2H3,(H2,27,29,31)(H2,28,30,32). The Balaban J connectivity index is 1.36. The quantitative estimate of drug-likeness (QED) is 0.282. The Labute approximate surface area is 209 Å². The third-order valence-corrected chi connectivity index (χ3v) is 4.81. The Hall–Kier alpha value is -4.60. The number of carbonyl (C=O) groups excluding carboxylic acids is 2. The molecule has 0 aliphatic heterocycles. The fraction of sp³-hybridized carbons (Fsp3) is 0.231. The lowest BCUT2D eigenvalue weighted by molar-refractivity contribution is 0.245. The van der Waals surface area contributed by atoms with Crippen LogP contribution in [0.3, 0.4) is 0 Å². The number of urea groups is 2. The van der Waals surface area contributed by atoms with Gasteiger partial charge in [-0.2, -0.15) is 0 Å². The summed E-state index contributed by atoms with van der Waals surface area (Å²) >= 11 is 0. The summed E-state index contributed by atoms with van der Waals surface area (Å²) in [6.45, 7) is 1.13. The lowest BCUT2D eigenvalue weighted by atomic mass is 10.3. The molecule has 3 aromatic carbocycles. The first-order chi connectivity index (χ1) is 17.6. The molecule has 0 atom stereocenters. The predicted octanol–water partition coefficient (Wildman–Crippen LogP) is 4.10. The third kappa shape index (κ3) is 8.32. The molecule has 4 amide bonds. The molecule has 0 bridgehead atoms. The van der Waals surface area contributed by atoms with Gasteiger partial charge in [-0.25, -0.2) is 9.59 Å². The highest BCUT2D eigenvalue weighted by Gasteiger charge is 2.07. The summed E-state index contributed by atoms with van der Waals surface area (Å²) in [5.41, 5.74) is 1.05. The minimum atomic E-state index is -0.395. The lowest BCUT2D eigenvalue weighted by Crippen LogP contribution is -2.33. The van der Waals surface area contributed by atoms with Crippen LogP contribution in [0.2, 0.25) is 0 Å². The molecule has 0 spiro atoms. The summed E-state index contributed by atoms with van der Waals surface area (Å²) in [6.07, 6.45) is 0. The first-order valence-corrected chi connectivity index (χ1v) is 11.3. The number of hydrogen-bond donors (Lipinski definition) is 4. The molecule has 0 unspecified atom stereocenters. The highest BCUT2D eigenvalue weighted by molar-refractivity contribution is 5.92. The monoisotopic (exact) mass is 494 g/mol. The number of carbonyl (C=O) groups is 2. The molecule has 10 heteroatoms. The fourth-order valence-electron chi connectivity index (χ4n) is 3.15. The zero-order valence-corrected chi connectivity index (χ0v) is 20.2. The molecular formula is C26H30N4O6. The first-order valence-electron chi connectivity index (χ1n) is 11.3. The molecule has 3 aromatic rings. The number of para-hydroxylation sites is 4. The number of amides is 4. The molecule has 0 fully saturated rings. The van der Waals surface area contributed by atoms with E-state index in [0.717, 1.165) is 0 Å². The maximum atomic E-state index is 12.2. The van der Waals surface area contributed by atoms with E-state index in [1.807, 2.05) is 24.3 Å². The fourth-order valence-corrected chi connectivity index (χ4v) is 3.15. The average Bonchev–Trinajstić information content (AvgIpc) is 2.89. The van der Waals surface area contributed by atoms with Crippen molar-refractivity contribution in [1.82, 2.24) is 10.6 Å². The molecule has 0 heterocycles. The van der Waals surface area contributed by atoms with Crippen LogP contribution in [0.25, 0.3) is 0 Å². The van der Waals surface area contributed by atoms with Gasteiger partial charge >= 0.3 is 12.1 Å². The van der Waals surface area contributed by atoms with Gasteiger partial charge in [-0.05, 0) is 42.5 Å². The van der Waals surface area contributed by atoms with Crippen LogP contribution in [0.1, 0.15) is 0 Å². The van der Waals surface area contributed by atoms with Crippen LogP contribution in [0.15, 0.2) is 72.8 Å². The van der Waals surface area contributed by atoms with Crippen molar-refractivity contribution in [2.45, 2.75) is 0 Å². The minimum Gasteiger partial charge on any atom is -0.493 e. The molecule has 0 aromatic heterocycles. The third-order valence-electron chi connectivity index (χ3n) is 4.81. The Bertz CT molecular complexity index is 1060. The molecular weight excluding hydrogens is 464 g/mol. The second-order valence-electron chi connectivity index (χ2n) is 7.34. The predicted molar refractivity (Wildman–Crippen MR) is 137 cm³/mol. The van der Waals surface area contributed by atoms with Crippen molar-refractivity contribution >= 4 is 23.4 Å². The molecule has 3 rings (SSSR count). The van der Waals surface area contributed by atoms with Gasteiger partial charge in [0.2, 0.25) is 0 Å². The van der Waals surface area contributed by atoms with Crippen LogP contribution in [0, 0.1) is 0 Å². The SMILES string of the molecule is COc1ccccc1OCCNC(=O)Nc1cccc(NC(=O)NCCOc2ccccc2OC)c1. The molecule has 0 saturated carbocycles. The zero-order valence-electron chi connectivity index (χ0n) is 20.2. The summed E-state index contributed by atoms with van der Waals surface area (Å²) in [5, 5.41) is 10.9. The van der Waals surface area contributed by atoms with E-state index in [9.17, 15) is 9.59 Å². The van der Waals surface area contributed by atoms with E-state index in [1.54, 1.807) is 62.8 Å². The topological polar surface area (TPSA) is 119 Å². The Morgan fingerprint density at radius 1 is 0.611 bits per heavy atom. The molecule has 0 radical (unpaired) electrons. The second kappa shape index (κ2) is 14.0. The van der Waals surface area contributed by atoms with Gasteiger partial charge in [0.05, 0.1) is 27.3 Å². The van der Waals surface area contributed by atoms with Crippen molar-refractivity contribution in [3.8, 4) is 23.0 Å². The van der Waals surface area contributed by atoms with Gasteiger partial charge in [0.15, 0.2) is 23.0 Å². The van der Waals surface area contributed by atoms with Gasteiger partial charge in [-0.15, -0.1) is 0 Å². The van der Waals surface area contributed by atoms with Gasteiger partial charge in [0.25, 0.3) is 0 Å². The van der Waals surface area contributed by atoms with E-state index in [-0.39, 0.29) is 13.2 Å². The Kier molecular flexibility index (Phi) is 10.1. The molecule has 0 aliphatic carbocycles. The number of nitrogens with one attached hydrogen (secondary N) is 4. The van der Waals surface area contributed by atoms with Crippen LogP contribution >= 0.6 is 0 Å². The molecule has 0 saturated heterocycles. The molecule has 10 nitrogen and oxygen atoms in total. The van der Waals surface area contributed by atoms with Crippen molar-refractivity contribution in [1.29, 1.82) is 0 Å². The van der Waals surface area contributed by atoms with E-state index in [0.29, 0.717) is 47.5 Å². The molecule has 190 valence electrons. The van der Waals surface area contributed by atoms with Gasteiger partial charge in [0, 0.05) is 11.4 Å². The lowest BCUT2D eigenvalue weighted by Gasteiger charge is -2.13. The number of benzene rings is 3. The van der Waals surface area contributed by atoms with Gasteiger partial charge in [-0.1, -0.05) is 30.3 Å². The van der Waals surface area contributed by atoms with Gasteiger partial charge in [-0.3, -0.25) is 0 Å². The molecule has 36 heavy (non-hydrogen) atoms. The van der Waals surface area contributed by atoms with Crippen LogP contribution in [-0.2, 0) is 0 Å². The van der Waals surface area contributed by atoms with E-state index >= 15 is 0 Å². The maximum Gasteiger partial charge on any atom is 0.319 e. The summed E-state index contributed by atoms with van der Waals surface area (Å²) in [7, 11) is 3.14. The van der Waals surface area contributed by atoms with E-state index in [1.165, 1.54) is 0 Å². The summed E-state index contributed by atoms with van der Waals surface area (Å²) in [5.74, 6) is 2.45.